The molecule has 1 aromatic carbocycles. The predicted molar refractivity (Wildman–Crippen MR) is 59.4 cm³/mol. The van der Waals surface area contributed by atoms with Crippen molar-refractivity contribution in [2.24, 2.45) is 0 Å². The molecule has 16 heavy (non-hydrogen) atoms. The Morgan fingerprint density at radius 2 is 1.81 bits per heavy atom. The fraction of sp³-hybridized carbons (Fsp3) is 0. The van der Waals surface area contributed by atoms with Crippen LogP contribution in [0.4, 0.5) is 20.4 Å². The van der Waals surface area contributed by atoms with Gasteiger partial charge in [0.15, 0.2) is 0 Å². The molecule has 0 unspecified atom stereocenters. The van der Waals surface area contributed by atoms with Gasteiger partial charge in [0.05, 0.1) is 10.2 Å². The van der Waals surface area contributed by atoms with Crippen molar-refractivity contribution in [2.45, 2.75) is 0 Å². The van der Waals surface area contributed by atoms with Crippen LogP contribution in [0.25, 0.3) is 0 Å². The molecule has 0 atom stereocenters. The van der Waals surface area contributed by atoms with Crippen LogP contribution in [0, 0.1) is 11.6 Å². The lowest BCUT2D eigenvalue weighted by Crippen LogP contribution is -1.98. The van der Waals surface area contributed by atoms with E-state index in [2.05, 4.69) is 31.2 Å². The summed E-state index contributed by atoms with van der Waals surface area (Å²) in [5.41, 5.74) is 0.128. The first-order valence-electron chi connectivity index (χ1n) is 4.35. The molecular formula is C10H6BrF2N3. The zero-order chi connectivity index (χ0) is 11.5. The largest absolute Gasteiger partial charge is 0.322 e. The van der Waals surface area contributed by atoms with Gasteiger partial charge in [0.25, 0.3) is 0 Å². The van der Waals surface area contributed by atoms with Gasteiger partial charge in [-0.1, -0.05) is 0 Å². The standard InChI is InChI=1S/C10H6BrF2N3/c11-6-4-14-10(15-5-6)16-9-2-1-7(12)3-8(9)13/h1-5H,(H,14,15,16). The summed E-state index contributed by atoms with van der Waals surface area (Å²) in [4.78, 5) is 7.82. The zero-order valence-electron chi connectivity index (χ0n) is 7.92. The first-order chi connectivity index (χ1) is 7.65. The molecular weight excluding hydrogens is 280 g/mol. The highest BCUT2D eigenvalue weighted by Crippen LogP contribution is 2.18. The van der Waals surface area contributed by atoms with E-state index in [0.717, 1.165) is 16.6 Å². The highest BCUT2D eigenvalue weighted by atomic mass is 79.9. The summed E-state index contributed by atoms with van der Waals surface area (Å²) in [5.74, 6) is -1.07. The van der Waals surface area contributed by atoms with E-state index >= 15 is 0 Å². The minimum atomic E-state index is -0.688. The van der Waals surface area contributed by atoms with Gasteiger partial charge in [0, 0.05) is 18.5 Å². The summed E-state index contributed by atoms with van der Waals surface area (Å²) in [7, 11) is 0. The minimum Gasteiger partial charge on any atom is -0.322 e. The second kappa shape index (κ2) is 4.52. The Labute approximate surface area is 98.7 Å². The second-order valence-electron chi connectivity index (χ2n) is 2.97. The molecule has 0 saturated carbocycles. The van der Waals surface area contributed by atoms with Gasteiger partial charge in [0.2, 0.25) is 5.95 Å². The summed E-state index contributed by atoms with van der Waals surface area (Å²) >= 11 is 3.18. The molecule has 0 radical (unpaired) electrons. The van der Waals surface area contributed by atoms with Gasteiger partial charge in [-0.05, 0) is 28.1 Å². The second-order valence-corrected chi connectivity index (χ2v) is 3.89. The number of halogens is 3. The summed E-state index contributed by atoms with van der Waals surface area (Å²) in [6, 6.07) is 3.24. The van der Waals surface area contributed by atoms with E-state index in [9.17, 15) is 8.78 Å². The van der Waals surface area contributed by atoms with Gasteiger partial charge in [0.1, 0.15) is 11.6 Å². The molecule has 0 saturated heterocycles. The average Bonchev–Trinajstić information content (AvgIpc) is 2.25. The van der Waals surface area contributed by atoms with Crippen LogP contribution >= 0.6 is 15.9 Å². The number of hydrogen-bond donors (Lipinski definition) is 1. The maximum atomic E-state index is 13.2. The number of nitrogens with zero attached hydrogens (tertiary/aromatic N) is 2. The van der Waals surface area contributed by atoms with E-state index in [4.69, 9.17) is 0 Å². The van der Waals surface area contributed by atoms with Crippen LogP contribution in [-0.2, 0) is 0 Å². The molecule has 6 heteroatoms. The third-order valence-corrected chi connectivity index (χ3v) is 2.21. The Morgan fingerprint density at radius 1 is 1.12 bits per heavy atom. The fourth-order valence-electron chi connectivity index (χ4n) is 1.09. The Kier molecular flexibility index (Phi) is 3.09. The van der Waals surface area contributed by atoms with Crippen LogP contribution in [-0.4, -0.2) is 9.97 Å². The van der Waals surface area contributed by atoms with Crippen LogP contribution in [0.1, 0.15) is 0 Å². The van der Waals surface area contributed by atoms with Gasteiger partial charge in [-0.2, -0.15) is 0 Å². The predicted octanol–water partition coefficient (Wildman–Crippen LogP) is 3.26. The minimum absolute atomic E-state index is 0.128. The van der Waals surface area contributed by atoms with Crippen molar-refractivity contribution in [3.8, 4) is 0 Å². The number of anilines is 2. The molecule has 1 aromatic heterocycles. The van der Waals surface area contributed by atoms with Crippen molar-refractivity contribution in [2.75, 3.05) is 5.32 Å². The maximum Gasteiger partial charge on any atom is 0.227 e. The third-order valence-electron chi connectivity index (χ3n) is 1.80. The van der Waals surface area contributed by atoms with Crippen LogP contribution in [0.5, 0.6) is 0 Å². The average molecular weight is 286 g/mol. The number of aromatic nitrogens is 2. The summed E-state index contributed by atoms with van der Waals surface area (Å²) in [6.45, 7) is 0. The van der Waals surface area contributed by atoms with Crippen LogP contribution in [0.3, 0.4) is 0 Å². The van der Waals surface area contributed by atoms with Gasteiger partial charge < -0.3 is 5.32 Å². The molecule has 0 spiro atoms. The zero-order valence-corrected chi connectivity index (χ0v) is 9.50. The molecule has 82 valence electrons. The van der Waals surface area contributed by atoms with Gasteiger partial charge in [-0.3, -0.25) is 0 Å². The van der Waals surface area contributed by atoms with Crippen molar-refractivity contribution in [3.63, 3.8) is 0 Å². The SMILES string of the molecule is Fc1ccc(Nc2ncc(Br)cn2)c(F)c1. The van der Waals surface area contributed by atoms with Crippen molar-refractivity contribution in [1.82, 2.24) is 9.97 Å². The highest BCUT2D eigenvalue weighted by Gasteiger charge is 2.04. The molecule has 0 bridgehead atoms. The molecule has 0 aliphatic heterocycles. The van der Waals surface area contributed by atoms with E-state index in [1.165, 1.54) is 18.5 Å². The fourth-order valence-corrected chi connectivity index (χ4v) is 1.29. The number of hydrogen-bond acceptors (Lipinski definition) is 3. The van der Waals surface area contributed by atoms with Gasteiger partial charge in [-0.25, -0.2) is 18.7 Å². The van der Waals surface area contributed by atoms with E-state index in [-0.39, 0.29) is 11.6 Å². The lowest BCUT2D eigenvalue weighted by Gasteiger charge is -2.05. The van der Waals surface area contributed by atoms with E-state index in [1.54, 1.807) is 0 Å². The Hall–Kier alpha value is -1.56. The number of rotatable bonds is 2. The maximum absolute atomic E-state index is 13.2. The Bertz CT molecular complexity index is 502. The summed E-state index contributed by atoms with van der Waals surface area (Å²) < 4.78 is 26.6. The summed E-state index contributed by atoms with van der Waals surface area (Å²) in [6.07, 6.45) is 3.05. The monoisotopic (exact) mass is 285 g/mol. The molecule has 3 nitrogen and oxygen atoms in total. The Balaban J connectivity index is 2.23. The normalized spacial score (nSPS) is 10.2. The Morgan fingerprint density at radius 3 is 2.44 bits per heavy atom. The molecule has 1 N–H and O–H groups in total. The smallest absolute Gasteiger partial charge is 0.227 e. The molecule has 0 fully saturated rings. The quantitative estimate of drug-likeness (QED) is 0.920. The first-order valence-corrected chi connectivity index (χ1v) is 5.14. The summed E-state index contributed by atoms with van der Waals surface area (Å²) in [5, 5.41) is 2.64. The van der Waals surface area contributed by atoms with E-state index in [1.807, 2.05) is 0 Å². The molecule has 2 rings (SSSR count). The van der Waals surface area contributed by atoms with Crippen LogP contribution < -0.4 is 5.32 Å². The molecule has 0 aliphatic carbocycles. The lowest BCUT2D eigenvalue weighted by atomic mass is 10.3. The van der Waals surface area contributed by atoms with Crippen molar-refractivity contribution >= 4 is 27.6 Å². The molecule has 0 aliphatic rings. The van der Waals surface area contributed by atoms with Crippen molar-refractivity contribution in [1.29, 1.82) is 0 Å². The first kappa shape index (κ1) is 10.9. The molecule has 2 aromatic rings. The van der Waals surface area contributed by atoms with Crippen molar-refractivity contribution < 1.29 is 8.78 Å². The van der Waals surface area contributed by atoms with Gasteiger partial charge in [-0.15, -0.1) is 0 Å². The third kappa shape index (κ3) is 2.52. The van der Waals surface area contributed by atoms with E-state index in [0.29, 0.717) is 0 Å². The van der Waals surface area contributed by atoms with Crippen LogP contribution in [0.15, 0.2) is 35.1 Å². The van der Waals surface area contributed by atoms with Gasteiger partial charge >= 0.3 is 0 Å². The number of benzene rings is 1. The number of nitrogens with one attached hydrogen (secondary N) is 1. The van der Waals surface area contributed by atoms with Crippen LogP contribution in [0.2, 0.25) is 0 Å². The molecule has 1 heterocycles. The topological polar surface area (TPSA) is 37.8 Å². The lowest BCUT2D eigenvalue weighted by molar-refractivity contribution is 0.586. The highest BCUT2D eigenvalue weighted by molar-refractivity contribution is 9.10. The molecule has 0 amide bonds. The van der Waals surface area contributed by atoms with Crippen molar-refractivity contribution in [3.05, 3.63) is 46.7 Å². The van der Waals surface area contributed by atoms with E-state index < -0.39 is 11.6 Å².